The van der Waals surface area contributed by atoms with Crippen molar-refractivity contribution in [2.24, 2.45) is 0 Å². The van der Waals surface area contributed by atoms with E-state index in [1.807, 2.05) is 0 Å². The van der Waals surface area contributed by atoms with Gasteiger partial charge in [0.15, 0.2) is 6.29 Å². The zero-order chi connectivity index (χ0) is 23.1. The second-order valence-electron chi connectivity index (χ2n) is 7.03. The summed E-state index contributed by atoms with van der Waals surface area (Å²) < 4.78 is 76.8. The molecule has 1 aliphatic heterocycles. The first kappa shape index (κ1) is 23.2. The van der Waals surface area contributed by atoms with Gasteiger partial charge in [0.1, 0.15) is 16.5 Å². The Labute approximate surface area is 174 Å². The third kappa shape index (κ3) is 5.60. The van der Waals surface area contributed by atoms with E-state index in [4.69, 9.17) is 9.47 Å². The van der Waals surface area contributed by atoms with E-state index in [1.165, 1.54) is 19.9 Å². The number of ether oxygens (including phenoxy) is 2. The molecule has 172 valence electrons. The molecule has 2 aromatic rings. The van der Waals surface area contributed by atoms with Gasteiger partial charge in [0.2, 0.25) is 0 Å². The highest BCUT2D eigenvalue weighted by atomic mass is 32.5. The van der Waals surface area contributed by atoms with E-state index >= 15 is 0 Å². The van der Waals surface area contributed by atoms with E-state index in [1.54, 1.807) is 0 Å². The van der Waals surface area contributed by atoms with Gasteiger partial charge < -0.3 is 19.9 Å². The Morgan fingerprint density at radius 2 is 1.87 bits per heavy atom. The number of hydrogen-bond donors (Lipinski definition) is 2. The van der Waals surface area contributed by atoms with Crippen LogP contribution < -0.4 is 5.32 Å². The van der Waals surface area contributed by atoms with Crippen molar-refractivity contribution in [3.05, 3.63) is 46.9 Å². The maximum Gasteiger partial charge on any atom is 0.310 e. The van der Waals surface area contributed by atoms with Crippen LogP contribution in [0.25, 0.3) is 0 Å². The minimum atomic E-state index is -9.85. The Morgan fingerprint density at radius 3 is 2.45 bits per heavy atom. The number of aromatic nitrogens is 2. The van der Waals surface area contributed by atoms with Crippen LogP contribution in [0, 0.1) is 6.92 Å². The fourth-order valence-corrected chi connectivity index (χ4v) is 3.81. The van der Waals surface area contributed by atoms with Crippen LogP contribution in [0.4, 0.5) is 25.2 Å². The molecule has 1 atom stereocenters. The molecule has 13 heteroatoms. The van der Waals surface area contributed by atoms with Crippen molar-refractivity contribution >= 4 is 22.0 Å². The van der Waals surface area contributed by atoms with Gasteiger partial charge >= 0.3 is 16.2 Å². The Kier molecular flexibility index (Phi) is 5.44. The summed E-state index contributed by atoms with van der Waals surface area (Å²) in [5, 5.41) is 12.1. The summed E-state index contributed by atoms with van der Waals surface area (Å²) in [5.74, 6) is -0.880. The van der Waals surface area contributed by atoms with Crippen LogP contribution in [0.3, 0.4) is 0 Å². The highest BCUT2D eigenvalue weighted by molar-refractivity contribution is 8.45. The first-order chi connectivity index (χ1) is 14.1. The summed E-state index contributed by atoms with van der Waals surface area (Å²) in [6.07, 6.45) is -1.44. The van der Waals surface area contributed by atoms with E-state index in [9.17, 15) is 29.3 Å². The summed E-state index contributed by atoms with van der Waals surface area (Å²) >= 11 is 0. The molecule has 0 spiro atoms. The van der Waals surface area contributed by atoms with E-state index < -0.39 is 39.8 Å². The van der Waals surface area contributed by atoms with Crippen molar-refractivity contribution in [1.82, 2.24) is 9.97 Å². The monoisotopic (exact) mass is 469 g/mol. The number of aliphatic carboxylic acids is 1. The van der Waals surface area contributed by atoms with Crippen LogP contribution in [-0.4, -0.2) is 34.3 Å². The Morgan fingerprint density at radius 1 is 1.23 bits per heavy atom. The lowest BCUT2D eigenvalue weighted by atomic mass is 10.1. The van der Waals surface area contributed by atoms with Crippen molar-refractivity contribution in [1.29, 1.82) is 0 Å². The van der Waals surface area contributed by atoms with Gasteiger partial charge in [0, 0.05) is 6.04 Å². The van der Waals surface area contributed by atoms with E-state index in [0.29, 0.717) is 12.1 Å². The molecule has 2 N–H and O–H groups in total. The molecule has 0 unspecified atom stereocenters. The maximum absolute atomic E-state index is 13.2. The lowest BCUT2D eigenvalue weighted by molar-refractivity contribution is -0.136. The first-order valence-corrected chi connectivity index (χ1v) is 11.0. The number of anilines is 1. The van der Waals surface area contributed by atoms with Gasteiger partial charge in [-0.2, -0.15) is 0 Å². The molecule has 0 aliphatic carbocycles. The fraction of sp³-hybridized carbons (Fsp3) is 0.389. The number of carbonyl (C=O) groups is 1. The zero-order valence-electron chi connectivity index (χ0n) is 16.4. The van der Waals surface area contributed by atoms with Gasteiger partial charge in [0.05, 0.1) is 30.9 Å². The quantitative estimate of drug-likeness (QED) is 0.533. The Bertz CT molecular complexity index is 1010. The average molecular weight is 469 g/mol. The number of halogens is 5. The van der Waals surface area contributed by atoms with Crippen LogP contribution in [0.2, 0.25) is 0 Å². The highest BCUT2D eigenvalue weighted by Crippen LogP contribution is 3.02. The van der Waals surface area contributed by atoms with Crippen LogP contribution >= 0.6 is 10.2 Å². The lowest BCUT2D eigenvalue weighted by Gasteiger charge is -2.40. The number of benzene rings is 1. The normalized spacial score (nSPS) is 18.3. The lowest BCUT2D eigenvalue weighted by Crippen LogP contribution is -2.18. The number of aryl methyl sites for hydroxylation is 1. The van der Waals surface area contributed by atoms with Crippen molar-refractivity contribution in [3.8, 4) is 0 Å². The molecule has 0 radical (unpaired) electrons. The standard InChI is InChI=1S/C18H20F5N3O4S/c1-10(12-4-3-5-13(8-12)31(19,20,21,22)23)24-17-16(18-29-6-7-30-18)14(9-15(27)28)25-11(2)26-17/h3-5,8,10,18H,6-7,9H2,1-2H3,(H,27,28)(H,24,25,26)/t10-/m1/s1. The second kappa shape index (κ2) is 7.28. The molecule has 3 rings (SSSR count). The van der Waals surface area contributed by atoms with Gasteiger partial charge in [-0.1, -0.05) is 31.6 Å². The third-order valence-corrected chi connectivity index (χ3v) is 5.61. The summed E-state index contributed by atoms with van der Waals surface area (Å²) in [6.45, 7) is 3.45. The number of carboxylic acid groups (broad SMARTS) is 1. The molecule has 0 saturated carbocycles. The number of rotatable bonds is 7. The maximum atomic E-state index is 13.2. The smallest absolute Gasteiger partial charge is 0.310 e. The molecule has 2 heterocycles. The molecule has 31 heavy (non-hydrogen) atoms. The molecule has 1 saturated heterocycles. The molecular formula is C18H20F5N3O4S. The van der Waals surface area contributed by atoms with Crippen molar-refractivity contribution in [2.45, 2.75) is 37.5 Å². The fourth-order valence-electron chi connectivity index (χ4n) is 3.11. The Hall–Kier alpha value is -2.51. The molecule has 1 fully saturated rings. The van der Waals surface area contributed by atoms with Crippen molar-refractivity contribution in [3.63, 3.8) is 0 Å². The molecule has 0 amide bonds. The molecule has 1 aromatic carbocycles. The summed E-state index contributed by atoms with van der Waals surface area (Å²) in [7, 11) is -9.85. The highest BCUT2D eigenvalue weighted by Gasteiger charge is 2.65. The molecule has 1 aliphatic rings. The number of nitrogens with one attached hydrogen (secondary N) is 1. The number of carboxylic acids is 1. The van der Waals surface area contributed by atoms with Gasteiger partial charge in [-0.3, -0.25) is 4.79 Å². The van der Waals surface area contributed by atoms with E-state index in [0.717, 1.165) is 6.07 Å². The minimum absolute atomic E-state index is 0.0685. The zero-order valence-corrected chi connectivity index (χ0v) is 17.3. The molecule has 7 nitrogen and oxygen atoms in total. The minimum Gasteiger partial charge on any atom is -0.481 e. The molecular weight excluding hydrogens is 449 g/mol. The number of nitrogens with zero attached hydrogens (tertiary/aromatic N) is 2. The summed E-state index contributed by atoms with van der Waals surface area (Å²) in [6, 6.07) is 1.97. The van der Waals surface area contributed by atoms with Crippen LogP contribution in [0.5, 0.6) is 0 Å². The van der Waals surface area contributed by atoms with Crippen molar-refractivity contribution in [2.75, 3.05) is 18.5 Å². The SMILES string of the molecule is Cc1nc(CC(=O)O)c(C2OCCO2)c(N[C@H](C)c2cccc(S(F)(F)(F)(F)F)c2)n1. The summed E-state index contributed by atoms with van der Waals surface area (Å²) in [4.78, 5) is 17.6. The van der Waals surface area contributed by atoms with Gasteiger partial charge in [0.25, 0.3) is 0 Å². The van der Waals surface area contributed by atoms with Crippen LogP contribution in [0.15, 0.2) is 29.2 Å². The predicted octanol–water partition coefficient (Wildman–Crippen LogP) is 5.29. The van der Waals surface area contributed by atoms with Crippen LogP contribution in [-0.2, 0) is 20.7 Å². The first-order valence-electron chi connectivity index (χ1n) is 9.07. The van der Waals surface area contributed by atoms with Gasteiger partial charge in [-0.15, -0.1) is 0 Å². The van der Waals surface area contributed by atoms with E-state index in [2.05, 4.69) is 15.3 Å². The summed E-state index contributed by atoms with van der Waals surface area (Å²) in [5.41, 5.74) is 0.240. The average Bonchev–Trinajstić information content (AvgIpc) is 3.13. The predicted molar refractivity (Wildman–Crippen MR) is 103 cm³/mol. The topological polar surface area (TPSA) is 93.6 Å². The second-order valence-corrected chi connectivity index (χ2v) is 9.44. The third-order valence-electron chi connectivity index (χ3n) is 4.47. The Balaban J connectivity index is 2.01. The molecule has 1 aromatic heterocycles. The van der Waals surface area contributed by atoms with E-state index in [-0.39, 0.29) is 41.7 Å². The van der Waals surface area contributed by atoms with Crippen molar-refractivity contribution < 1.29 is 38.8 Å². The molecule has 0 bridgehead atoms. The van der Waals surface area contributed by atoms with Crippen LogP contribution in [0.1, 0.15) is 41.9 Å². The van der Waals surface area contributed by atoms with Gasteiger partial charge in [-0.25, -0.2) is 9.97 Å². The number of hydrogen-bond acceptors (Lipinski definition) is 6. The van der Waals surface area contributed by atoms with Gasteiger partial charge in [-0.05, 0) is 31.5 Å². The largest absolute Gasteiger partial charge is 0.481 e.